The quantitative estimate of drug-likeness (QED) is 0.427. The van der Waals surface area contributed by atoms with Crippen LogP contribution in [0.15, 0.2) is 73.1 Å². The number of anilines is 1. The second kappa shape index (κ2) is 9.70. The molecule has 0 aliphatic heterocycles. The number of Topliss-reactive ketones (excluding diaryl/α,β-unsaturated/α-hetero) is 1. The molecule has 170 valence electrons. The van der Waals surface area contributed by atoms with E-state index in [0.717, 1.165) is 46.5 Å². The Morgan fingerprint density at radius 3 is 2.68 bits per heavy atom. The molecule has 5 rings (SSSR count). The Morgan fingerprint density at radius 2 is 1.85 bits per heavy atom. The number of aromatic amines is 1. The maximum atomic E-state index is 12.8. The van der Waals surface area contributed by atoms with Crippen LogP contribution in [-0.4, -0.2) is 33.2 Å². The van der Waals surface area contributed by atoms with Crippen molar-refractivity contribution in [3.05, 3.63) is 95.4 Å². The second-order valence-electron chi connectivity index (χ2n) is 8.21. The van der Waals surface area contributed by atoms with Gasteiger partial charge in [0.25, 0.3) is 5.91 Å². The number of fused-ring (bicyclic) bond motifs is 1. The summed E-state index contributed by atoms with van der Waals surface area (Å²) in [7, 11) is 0. The third-order valence-corrected chi connectivity index (χ3v) is 5.82. The highest BCUT2D eigenvalue weighted by atomic mass is 16.5. The van der Waals surface area contributed by atoms with Crippen LogP contribution >= 0.6 is 0 Å². The zero-order valence-corrected chi connectivity index (χ0v) is 18.6. The maximum Gasteiger partial charge on any atom is 0.263 e. The molecule has 0 saturated carbocycles. The van der Waals surface area contributed by atoms with E-state index in [2.05, 4.69) is 32.4 Å². The molecule has 34 heavy (non-hydrogen) atoms. The summed E-state index contributed by atoms with van der Waals surface area (Å²) in [6.07, 6.45) is 6.17. The summed E-state index contributed by atoms with van der Waals surface area (Å²) in [5, 5.41) is 2.78. The van der Waals surface area contributed by atoms with Gasteiger partial charge < -0.3 is 15.0 Å². The Hall–Kier alpha value is -4.26. The Kier molecular flexibility index (Phi) is 6.16. The predicted molar refractivity (Wildman–Crippen MR) is 129 cm³/mol. The van der Waals surface area contributed by atoms with Gasteiger partial charge in [0, 0.05) is 48.1 Å². The van der Waals surface area contributed by atoms with E-state index in [1.165, 1.54) is 0 Å². The van der Waals surface area contributed by atoms with Crippen molar-refractivity contribution in [2.24, 2.45) is 0 Å². The summed E-state index contributed by atoms with van der Waals surface area (Å²) in [5.74, 6) is 0.646. The van der Waals surface area contributed by atoms with Gasteiger partial charge in [0.05, 0.1) is 5.69 Å². The first-order chi connectivity index (χ1) is 16.7. The lowest BCUT2D eigenvalue weighted by atomic mass is 9.90. The molecule has 7 heteroatoms. The molecular formula is C27H24N4O3. The number of aryl methyl sites for hydroxylation is 1. The summed E-state index contributed by atoms with van der Waals surface area (Å²) in [6.45, 7) is -0.173. The first kappa shape index (κ1) is 21.6. The van der Waals surface area contributed by atoms with E-state index in [1.54, 1.807) is 30.6 Å². The number of carbonyl (C=O) groups is 2. The molecule has 1 amide bonds. The Balaban J connectivity index is 1.41. The number of amides is 1. The lowest BCUT2D eigenvalue weighted by Crippen LogP contribution is -2.21. The molecule has 1 aliphatic rings. The van der Waals surface area contributed by atoms with Crippen LogP contribution in [0.5, 0.6) is 5.88 Å². The van der Waals surface area contributed by atoms with Gasteiger partial charge in [0.15, 0.2) is 12.4 Å². The second-order valence-corrected chi connectivity index (χ2v) is 8.21. The number of ketones is 1. The number of carbonyl (C=O) groups excluding carboxylic acids is 2. The van der Waals surface area contributed by atoms with Gasteiger partial charge in [-0.25, -0.2) is 9.97 Å². The lowest BCUT2D eigenvalue weighted by Gasteiger charge is -2.12. The van der Waals surface area contributed by atoms with Gasteiger partial charge in [-0.2, -0.15) is 0 Å². The fourth-order valence-electron chi connectivity index (χ4n) is 4.30. The minimum absolute atomic E-state index is 0.173. The Labute approximate surface area is 197 Å². The van der Waals surface area contributed by atoms with Crippen molar-refractivity contribution in [1.29, 1.82) is 0 Å². The van der Waals surface area contributed by atoms with E-state index < -0.39 is 0 Å². The number of pyridine rings is 2. The fraction of sp³-hybridized carbons (Fsp3) is 0.185. The van der Waals surface area contributed by atoms with Gasteiger partial charge in [-0.1, -0.05) is 36.4 Å². The average Bonchev–Trinajstić information content (AvgIpc) is 3.24. The molecule has 3 heterocycles. The van der Waals surface area contributed by atoms with E-state index >= 15 is 0 Å². The zero-order valence-electron chi connectivity index (χ0n) is 18.6. The number of aromatic nitrogens is 3. The number of hydrogen-bond donors (Lipinski definition) is 2. The van der Waals surface area contributed by atoms with Crippen molar-refractivity contribution in [3.8, 4) is 17.1 Å². The van der Waals surface area contributed by atoms with E-state index in [0.29, 0.717) is 24.5 Å². The van der Waals surface area contributed by atoms with Gasteiger partial charge >= 0.3 is 0 Å². The van der Waals surface area contributed by atoms with Crippen molar-refractivity contribution >= 4 is 17.5 Å². The van der Waals surface area contributed by atoms with Crippen LogP contribution in [0, 0.1) is 0 Å². The highest BCUT2D eigenvalue weighted by Gasteiger charge is 2.26. The minimum Gasteiger partial charge on any atom is -0.468 e. The molecule has 1 aliphatic carbocycles. The standard InChI is InChI=1S/C27H24N4O3/c32-22-10-6-9-21-26(22)20(15-18-7-2-1-3-8-18)27(30-21)19-12-14-28-23(16-19)31-24(33)17-34-25-11-4-5-13-29-25/h1-5,7-8,11-14,16,30H,6,9-10,15,17H2,(H,28,31,33). The number of ether oxygens (including phenoxy) is 1. The van der Waals surface area contributed by atoms with Crippen molar-refractivity contribution in [1.82, 2.24) is 15.0 Å². The summed E-state index contributed by atoms with van der Waals surface area (Å²) in [5.41, 5.74) is 5.70. The normalized spacial score (nSPS) is 12.8. The van der Waals surface area contributed by atoms with Crippen molar-refractivity contribution < 1.29 is 14.3 Å². The number of nitrogens with one attached hydrogen (secondary N) is 2. The van der Waals surface area contributed by atoms with E-state index in [9.17, 15) is 9.59 Å². The molecule has 0 bridgehead atoms. The average molecular weight is 453 g/mol. The summed E-state index contributed by atoms with van der Waals surface area (Å²) < 4.78 is 5.41. The Morgan fingerprint density at radius 1 is 1.00 bits per heavy atom. The smallest absolute Gasteiger partial charge is 0.263 e. The van der Waals surface area contributed by atoms with Crippen LogP contribution in [0.4, 0.5) is 5.82 Å². The topological polar surface area (TPSA) is 97.0 Å². The zero-order chi connectivity index (χ0) is 23.3. The summed E-state index contributed by atoms with van der Waals surface area (Å²) in [4.78, 5) is 37.1. The number of nitrogens with zero attached hydrogens (tertiary/aromatic N) is 2. The van der Waals surface area contributed by atoms with Crippen LogP contribution in [0.25, 0.3) is 11.3 Å². The predicted octanol–water partition coefficient (Wildman–Crippen LogP) is 4.60. The molecular weight excluding hydrogens is 428 g/mol. The van der Waals surface area contributed by atoms with Gasteiger partial charge in [-0.15, -0.1) is 0 Å². The van der Waals surface area contributed by atoms with Gasteiger partial charge in [-0.05, 0) is 42.2 Å². The van der Waals surface area contributed by atoms with E-state index in [4.69, 9.17) is 4.74 Å². The third-order valence-electron chi connectivity index (χ3n) is 5.82. The Bertz CT molecular complexity index is 1320. The first-order valence-electron chi connectivity index (χ1n) is 11.3. The maximum absolute atomic E-state index is 12.8. The van der Waals surface area contributed by atoms with Crippen LogP contribution in [0.2, 0.25) is 0 Å². The summed E-state index contributed by atoms with van der Waals surface area (Å²) in [6, 6.07) is 19.1. The number of H-pyrrole nitrogens is 1. The molecule has 0 unspecified atom stereocenters. The van der Waals surface area contributed by atoms with E-state index in [1.807, 2.05) is 30.3 Å². The van der Waals surface area contributed by atoms with E-state index in [-0.39, 0.29) is 18.3 Å². The summed E-state index contributed by atoms with van der Waals surface area (Å²) >= 11 is 0. The van der Waals surface area contributed by atoms with Crippen LogP contribution in [0.3, 0.4) is 0 Å². The largest absolute Gasteiger partial charge is 0.468 e. The molecule has 0 atom stereocenters. The molecule has 0 fully saturated rings. The molecule has 1 aromatic carbocycles. The van der Waals surface area contributed by atoms with Crippen LogP contribution < -0.4 is 10.1 Å². The highest BCUT2D eigenvalue weighted by Crippen LogP contribution is 2.35. The third kappa shape index (κ3) is 4.73. The SMILES string of the molecule is O=C(COc1ccccn1)Nc1cc(-c2[nH]c3c(c2Cc2ccccc2)C(=O)CCC3)ccn1. The molecule has 7 nitrogen and oxygen atoms in total. The highest BCUT2D eigenvalue weighted by molar-refractivity contribution is 6.01. The molecule has 3 aromatic heterocycles. The fourth-order valence-corrected chi connectivity index (χ4v) is 4.30. The van der Waals surface area contributed by atoms with Crippen molar-refractivity contribution in [2.45, 2.75) is 25.7 Å². The molecule has 0 radical (unpaired) electrons. The monoisotopic (exact) mass is 452 g/mol. The van der Waals surface area contributed by atoms with Crippen LogP contribution in [-0.2, 0) is 17.6 Å². The number of hydrogen-bond acceptors (Lipinski definition) is 5. The van der Waals surface area contributed by atoms with Gasteiger partial charge in [0.1, 0.15) is 5.82 Å². The molecule has 0 spiro atoms. The molecule has 0 saturated heterocycles. The van der Waals surface area contributed by atoms with Crippen LogP contribution in [0.1, 0.15) is 40.0 Å². The van der Waals surface area contributed by atoms with Crippen molar-refractivity contribution in [2.75, 3.05) is 11.9 Å². The lowest BCUT2D eigenvalue weighted by molar-refractivity contribution is -0.118. The number of benzene rings is 1. The van der Waals surface area contributed by atoms with Gasteiger partial charge in [-0.3, -0.25) is 9.59 Å². The van der Waals surface area contributed by atoms with Gasteiger partial charge in [0.2, 0.25) is 5.88 Å². The molecule has 2 N–H and O–H groups in total. The number of rotatable bonds is 7. The minimum atomic E-state index is -0.333. The van der Waals surface area contributed by atoms with Crippen molar-refractivity contribution in [3.63, 3.8) is 0 Å². The first-order valence-corrected chi connectivity index (χ1v) is 11.3. The molecule has 4 aromatic rings.